The molecule has 1 saturated heterocycles. The first-order valence-corrected chi connectivity index (χ1v) is 7.78. The van der Waals surface area contributed by atoms with Gasteiger partial charge in [-0.15, -0.1) is 0 Å². The minimum absolute atomic E-state index is 0.156. The second kappa shape index (κ2) is 5.19. The van der Waals surface area contributed by atoms with Crippen molar-refractivity contribution in [1.82, 2.24) is 9.88 Å². The molecule has 2 aliphatic rings. The minimum Gasteiger partial charge on any atom is -0.487 e. The Balaban J connectivity index is 2.02. The summed E-state index contributed by atoms with van der Waals surface area (Å²) in [6.45, 7) is 6.83. The highest BCUT2D eigenvalue weighted by Crippen LogP contribution is 2.46. The number of fused-ring (bicyclic) bond motifs is 4. The molecule has 23 heavy (non-hydrogen) atoms. The average molecular weight is 317 g/mol. The van der Waals surface area contributed by atoms with Gasteiger partial charge in [-0.25, -0.2) is 4.39 Å². The maximum atomic E-state index is 13.9. The normalized spacial score (nSPS) is 23.7. The number of rotatable bonds is 2. The van der Waals surface area contributed by atoms with Crippen molar-refractivity contribution < 1.29 is 13.9 Å². The molecule has 1 fully saturated rings. The van der Waals surface area contributed by atoms with Gasteiger partial charge in [-0.2, -0.15) is 5.26 Å². The molecule has 3 atom stereocenters. The summed E-state index contributed by atoms with van der Waals surface area (Å²) >= 11 is 0. The number of aryl methyl sites for hydroxylation is 1. The lowest BCUT2D eigenvalue weighted by molar-refractivity contribution is -0.144. The van der Waals surface area contributed by atoms with Gasteiger partial charge in [0.1, 0.15) is 29.7 Å². The summed E-state index contributed by atoms with van der Waals surface area (Å²) in [7, 11) is 0. The van der Waals surface area contributed by atoms with E-state index in [1.165, 1.54) is 6.92 Å². The first kappa shape index (κ1) is 15.7. The third-order valence-corrected chi connectivity index (χ3v) is 5.07. The number of carbonyl (C=O) groups is 1. The lowest BCUT2D eigenvalue weighted by Gasteiger charge is -2.34. The van der Waals surface area contributed by atoms with Crippen molar-refractivity contribution in [2.75, 3.05) is 6.54 Å². The number of nitrogens with zero attached hydrogens (tertiary/aromatic N) is 3. The molecule has 0 aromatic carbocycles. The molecule has 1 aromatic heterocycles. The highest BCUT2D eigenvalue weighted by Gasteiger charge is 2.48. The van der Waals surface area contributed by atoms with Gasteiger partial charge in [0.25, 0.3) is 0 Å². The predicted molar refractivity (Wildman–Crippen MR) is 81.5 cm³/mol. The minimum atomic E-state index is -1.25. The Kier molecular flexibility index (Phi) is 3.55. The molecule has 0 saturated carbocycles. The van der Waals surface area contributed by atoms with Crippen LogP contribution in [0.1, 0.15) is 50.1 Å². The molecule has 1 unspecified atom stereocenters. The molecule has 5 nitrogen and oxygen atoms in total. The number of aromatic nitrogens is 1. The van der Waals surface area contributed by atoms with E-state index in [-0.39, 0.29) is 18.1 Å². The van der Waals surface area contributed by atoms with E-state index in [1.807, 2.05) is 0 Å². The smallest absolute Gasteiger partial charge is 0.231 e. The van der Waals surface area contributed by atoms with Crippen LogP contribution in [-0.2, 0) is 4.79 Å². The number of likely N-dealkylation sites (tertiary alicyclic amines) is 1. The first-order valence-electron chi connectivity index (χ1n) is 7.78. The molecular weight excluding hydrogens is 297 g/mol. The van der Waals surface area contributed by atoms with Crippen LogP contribution in [0.2, 0.25) is 0 Å². The van der Waals surface area contributed by atoms with Gasteiger partial charge in [0.15, 0.2) is 0 Å². The third kappa shape index (κ3) is 2.26. The van der Waals surface area contributed by atoms with Crippen LogP contribution in [0.25, 0.3) is 0 Å². The second-order valence-electron chi connectivity index (χ2n) is 6.90. The number of carbonyl (C=O) groups excluding carboxylic acids is 1. The highest BCUT2D eigenvalue weighted by molar-refractivity contribution is 5.83. The van der Waals surface area contributed by atoms with Crippen molar-refractivity contribution in [3.8, 4) is 11.8 Å². The van der Waals surface area contributed by atoms with Crippen molar-refractivity contribution in [3.05, 3.63) is 23.0 Å². The summed E-state index contributed by atoms with van der Waals surface area (Å²) in [4.78, 5) is 18.8. The van der Waals surface area contributed by atoms with Crippen molar-refractivity contribution in [1.29, 1.82) is 5.26 Å². The number of ether oxygens (including phenoxy) is 1. The van der Waals surface area contributed by atoms with Gasteiger partial charge in [0.2, 0.25) is 5.91 Å². The highest BCUT2D eigenvalue weighted by atomic mass is 19.1. The van der Waals surface area contributed by atoms with Gasteiger partial charge in [0, 0.05) is 18.2 Å². The molecule has 0 spiro atoms. The Morgan fingerprint density at radius 2 is 2.30 bits per heavy atom. The van der Waals surface area contributed by atoms with E-state index in [1.54, 1.807) is 31.9 Å². The lowest BCUT2D eigenvalue weighted by Crippen LogP contribution is -2.44. The largest absolute Gasteiger partial charge is 0.487 e. The standard InChI is InChI=1S/C17H20FN3O2/c1-9-12(6-19)15-13(7-20-9)14-5-11(23-15)8-21(14)16(22)17(3,4)10(2)18/h7,10-11,14H,5,8H2,1-4H3/t10?,11-,14-/m0/s1. The van der Waals surface area contributed by atoms with Crippen molar-refractivity contribution in [2.24, 2.45) is 5.41 Å². The first-order chi connectivity index (χ1) is 10.8. The van der Waals surface area contributed by atoms with Crippen molar-refractivity contribution >= 4 is 5.91 Å². The third-order valence-electron chi connectivity index (χ3n) is 5.07. The quantitative estimate of drug-likeness (QED) is 0.841. The van der Waals surface area contributed by atoms with E-state index in [4.69, 9.17) is 4.74 Å². The molecule has 122 valence electrons. The van der Waals surface area contributed by atoms with Crippen LogP contribution in [0.3, 0.4) is 0 Å². The van der Waals surface area contributed by atoms with E-state index in [2.05, 4.69) is 11.1 Å². The summed E-state index contributed by atoms with van der Waals surface area (Å²) in [5.74, 6) is 0.304. The van der Waals surface area contributed by atoms with Crippen LogP contribution < -0.4 is 4.74 Å². The Labute approximate surface area is 135 Å². The molecule has 0 radical (unpaired) electrons. The Bertz CT molecular complexity index is 709. The monoisotopic (exact) mass is 317 g/mol. The zero-order valence-electron chi connectivity index (χ0n) is 13.8. The molecular formula is C17H20FN3O2. The summed E-state index contributed by atoms with van der Waals surface area (Å²) < 4.78 is 19.8. The molecule has 6 heteroatoms. The van der Waals surface area contributed by atoms with Crippen molar-refractivity contribution in [2.45, 2.75) is 52.4 Å². The summed E-state index contributed by atoms with van der Waals surface area (Å²) in [5.41, 5.74) is 0.692. The van der Waals surface area contributed by atoms with E-state index in [9.17, 15) is 14.4 Å². The van der Waals surface area contributed by atoms with Gasteiger partial charge in [-0.1, -0.05) is 0 Å². The van der Waals surface area contributed by atoms with E-state index in [0.717, 1.165) is 5.56 Å². The molecule has 1 aromatic rings. The maximum Gasteiger partial charge on any atom is 0.231 e. The van der Waals surface area contributed by atoms with Crippen molar-refractivity contribution in [3.63, 3.8) is 0 Å². The topological polar surface area (TPSA) is 66.2 Å². The van der Waals surface area contributed by atoms with E-state index >= 15 is 0 Å². The van der Waals surface area contributed by atoms with Gasteiger partial charge >= 0.3 is 0 Å². The van der Waals surface area contributed by atoms with Gasteiger partial charge in [-0.05, 0) is 27.7 Å². The van der Waals surface area contributed by atoms with Crippen LogP contribution in [0, 0.1) is 23.7 Å². The molecule has 2 bridgehead atoms. The summed E-state index contributed by atoms with van der Waals surface area (Å²) in [6.07, 6.45) is 0.923. The fraction of sp³-hybridized carbons (Fsp3) is 0.588. The SMILES string of the molecule is Cc1ncc2c(c1C#N)O[C@H]1C[C@@H]2N(C(=O)C(C)(C)C(C)F)C1. The summed E-state index contributed by atoms with van der Waals surface area (Å²) in [5, 5.41) is 9.34. The van der Waals surface area contributed by atoms with Crippen LogP contribution in [0.4, 0.5) is 4.39 Å². The lowest BCUT2D eigenvalue weighted by atomic mass is 9.86. The maximum absolute atomic E-state index is 13.9. The van der Waals surface area contributed by atoms with E-state index < -0.39 is 11.6 Å². The number of halogens is 1. The van der Waals surface area contributed by atoms with Crippen LogP contribution in [0.15, 0.2) is 6.20 Å². The average Bonchev–Trinajstić information content (AvgIpc) is 2.84. The number of nitriles is 1. The molecule has 0 aliphatic carbocycles. The zero-order chi connectivity index (χ0) is 16.9. The number of alkyl halides is 1. The van der Waals surface area contributed by atoms with Crippen LogP contribution >= 0.6 is 0 Å². The number of amides is 1. The fourth-order valence-electron chi connectivity index (χ4n) is 3.20. The Morgan fingerprint density at radius 3 is 2.91 bits per heavy atom. The van der Waals surface area contributed by atoms with Gasteiger partial charge < -0.3 is 9.64 Å². The number of hydrogen-bond acceptors (Lipinski definition) is 4. The number of pyridine rings is 1. The van der Waals surface area contributed by atoms with Gasteiger partial charge in [0.05, 0.1) is 23.7 Å². The summed E-state index contributed by atoms with van der Waals surface area (Å²) in [6, 6.07) is 1.93. The molecule has 3 heterocycles. The van der Waals surface area contributed by atoms with Gasteiger partial charge in [-0.3, -0.25) is 9.78 Å². The molecule has 2 aliphatic heterocycles. The second-order valence-corrected chi connectivity index (χ2v) is 6.90. The predicted octanol–water partition coefficient (Wildman–Crippen LogP) is 2.68. The zero-order valence-corrected chi connectivity index (χ0v) is 13.8. The number of hydrogen-bond donors (Lipinski definition) is 0. The Hall–Kier alpha value is -2.16. The molecule has 0 N–H and O–H groups in total. The molecule has 3 rings (SSSR count). The molecule has 1 amide bonds. The Morgan fingerprint density at radius 1 is 1.61 bits per heavy atom. The van der Waals surface area contributed by atoms with E-state index in [0.29, 0.717) is 30.0 Å². The van der Waals surface area contributed by atoms with Crippen LogP contribution in [0.5, 0.6) is 5.75 Å². The fourth-order valence-corrected chi connectivity index (χ4v) is 3.20. The van der Waals surface area contributed by atoms with Crippen LogP contribution in [-0.4, -0.2) is 34.6 Å².